The van der Waals surface area contributed by atoms with Crippen LogP contribution >= 0.6 is 0 Å². The predicted octanol–water partition coefficient (Wildman–Crippen LogP) is 19.8. The van der Waals surface area contributed by atoms with Crippen molar-refractivity contribution in [2.45, 2.75) is 348 Å². The summed E-state index contributed by atoms with van der Waals surface area (Å²) in [7, 11) is 0. The zero-order chi connectivity index (χ0) is 48.1. The molecule has 0 heterocycles. The lowest BCUT2D eigenvalue weighted by Crippen LogP contribution is -2.30. The molecule has 0 bridgehead atoms. The first kappa shape index (κ1) is 64.4. The Hall–Kier alpha value is -1.59. The Morgan fingerprint density at radius 2 is 0.500 bits per heavy atom. The molecule has 392 valence electrons. The van der Waals surface area contributed by atoms with Gasteiger partial charge in [-0.1, -0.05) is 304 Å². The third kappa shape index (κ3) is 53.4. The van der Waals surface area contributed by atoms with E-state index in [0.717, 1.165) is 63.7 Å². The summed E-state index contributed by atoms with van der Waals surface area (Å²) < 4.78 is 16.9. The molecule has 0 aromatic carbocycles. The molecule has 0 aliphatic carbocycles. The van der Waals surface area contributed by atoms with E-state index in [9.17, 15) is 14.4 Å². The second-order valence-corrected chi connectivity index (χ2v) is 21.1. The van der Waals surface area contributed by atoms with Gasteiger partial charge in [-0.2, -0.15) is 0 Å². The van der Waals surface area contributed by atoms with Gasteiger partial charge < -0.3 is 14.2 Å². The van der Waals surface area contributed by atoms with Crippen LogP contribution < -0.4 is 0 Å². The molecule has 66 heavy (non-hydrogen) atoms. The topological polar surface area (TPSA) is 78.9 Å². The third-order valence-corrected chi connectivity index (χ3v) is 13.8. The lowest BCUT2D eigenvalue weighted by atomic mass is 10.0. The highest BCUT2D eigenvalue weighted by Crippen LogP contribution is 2.18. The van der Waals surface area contributed by atoms with Gasteiger partial charge >= 0.3 is 17.9 Å². The molecule has 0 rings (SSSR count). The SMILES string of the molecule is CCCCCCCCCCCCCCCCCCCCCC(=O)OC[C@@H](COC(=O)CCCCCCCCCCCC)OC(=O)CCCCCCCCCCCCCCCCCCC(C)C. The number of esters is 3. The van der Waals surface area contributed by atoms with Crippen molar-refractivity contribution in [2.24, 2.45) is 5.92 Å². The second kappa shape index (κ2) is 54.4. The monoisotopic (exact) mass is 933 g/mol. The molecule has 0 saturated carbocycles. The minimum Gasteiger partial charge on any atom is -0.462 e. The number of hydrogen-bond acceptors (Lipinski definition) is 6. The largest absolute Gasteiger partial charge is 0.462 e. The summed E-state index contributed by atoms with van der Waals surface area (Å²) in [5, 5.41) is 0. The van der Waals surface area contributed by atoms with E-state index in [-0.39, 0.29) is 31.1 Å². The van der Waals surface area contributed by atoms with Crippen LogP contribution in [0.5, 0.6) is 0 Å². The number of rotatable bonds is 55. The van der Waals surface area contributed by atoms with Gasteiger partial charge in [0.05, 0.1) is 0 Å². The molecule has 6 nitrogen and oxygen atoms in total. The van der Waals surface area contributed by atoms with E-state index in [4.69, 9.17) is 14.2 Å². The van der Waals surface area contributed by atoms with Crippen LogP contribution in [0.2, 0.25) is 0 Å². The Balaban J connectivity index is 4.21. The molecule has 0 aromatic heterocycles. The van der Waals surface area contributed by atoms with Crippen LogP contribution in [0.4, 0.5) is 0 Å². The fourth-order valence-corrected chi connectivity index (χ4v) is 9.28. The average Bonchev–Trinajstić information content (AvgIpc) is 3.30. The van der Waals surface area contributed by atoms with Crippen LogP contribution in [0, 0.1) is 5.92 Å². The maximum atomic E-state index is 12.9. The Kier molecular flexibility index (Phi) is 53.0. The van der Waals surface area contributed by atoms with Gasteiger partial charge in [-0.15, -0.1) is 0 Å². The van der Waals surface area contributed by atoms with Crippen LogP contribution in [0.1, 0.15) is 342 Å². The number of ether oxygens (including phenoxy) is 3. The minimum absolute atomic E-state index is 0.0617. The van der Waals surface area contributed by atoms with Crippen molar-refractivity contribution in [1.82, 2.24) is 0 Å². The normalized spacial score (nSPS) is 12.0. The molecule has 0 aliphatic heterocycles. The first-order valence-electron chi connectivity index (χ1n) is 29.9. The van der Waals surface area contributed by atoms with Crippen molar-refractivity contribution >= 4 is 17.9 Å². The standard InChI is InChI=1S/C60H116O6/c1-5-7-9-11-13-15-17-18-19-20-21-22-26-29-32-36-40-44-48-52-59(62)65-55-57(54-64-58(61)51-47-43-39-35-16-14-12-10-8-6-2)66-60(63)53-49-45-41-37-33-30-27-24-23-25-28-31-34-38-42-46-50-56(3)4/h56-57H,5-55H2,1-4H3/t57-/m1/s1. The van der Waals surface area contributed by atoms with Crippen molar-refractivity contribution in [3.63, 3.8) is 0 Å². The quantitative estimate of drug-likeness (QED) is 0.0343. The van der Waals surface area contributed by atoms with Gasteiger partial charge in [0.15, 0.2) is 6.10 Å². The first-order chi connectivity index (χ1) is 32.4. The van der Waals surface area contributed by atoms with Gasteiger partial charge in [0.2, 0.25) is 0 Å². The zero-order valence-electron chi connectivity index (χ0n) is 45.2. The molecule has 0 saturated heterocycles. The summed E-state index contributed by atoms with van der Waals surface area (Å²) in [5.74, 6) is 0.0165. The number of hydrogen-bond donors (Lipinski definition) is 0. The third-order valence-electron chi connectivity index (χ3n) is 13.8. The second-order valence-electron chi connectivity index (χ2n) is 21.1. The highest BCUT2D eigenvalue weighted by atomic mass is 16.6. The number of unbranched alkanes of at least 4 members (excludes halogenated alkanes) is 42. The van der Waals surface area contributed by atoms with Crippen LogP contribution in [0.3, 0.4) is 0 Å². The Labute approximate surface area is 412 Å². The van der Waals surface area contributed by atoms with E-state index in [2.05, 4.69) is 27.7 Å². The van der Waals surface area contributed by atoms with E-state index >= 15 is 0 Å². The maximum Gasteiger partial charge on any atom is 0.306 e. The fraction of sp³-hybridized carbons (Fsp3) is 0.950. The molecule has 0 unspecified atom stereocenters. The van der Waals surface area contributed by atoms with Crippen LogP contribution in [-0.2, 0) is 28.6 Å². The Morgan fingerprint density at radius 3 is 0.742 bits per heavy atom. The van der Waals surface area contributed by atoms with Gasteiger partial charge in [0.25, 0.3) is 0 Å². The fourth-order valence-electron chi connectivity index (χ4n) is 9.28. The molecule has 0 radical (unpaired) electrons. The van der Waals surface area contributed by atoms with Crippen LogP contribution in [0.25, 0.3) is 0 Å². The van der Waals surface area contributed by atoms with Gasteiger partial charge in [-0.05, 0) is 25.2 Å². The predicted molar refractivity (Wildman–Crippen MR) is 284 cm³/mol. The molecule has 0 fully saturated rings. The summed E-state index contributed by atoms with van der Waals surface area (Å²) >= 11 is 0. The van der Waals surface area contributed by atoms with Gasteiger partial charge in [0, 0.05) is 19.3 Å². The van der Waals surface area contributed by atoms with Crippen LogP contribution in [0.15, 0.2) is 0 Å². The van der Waals surface area contributed by atoms with Gasteiger partial charge in [-0.25, -0.2) is 0 Å². The molecular formula is C60H116O6. The van der Waals surface area contributed by atoms with Crippen molar-refractivity contribution in [3.05, 3.63) is 0 Å². The van der Waals surface area contributed by atoms with Crippen molar-refractivity contribution in [3.8, 4) is 0 Å². The average molecular weight is 934 g/mol. The Morgan fingerprint density at radius 1 is 0.288 bits per heavy atom. The van der Waals surface area contributed by atoms with E-state index in [0.29, 0.717) is 19.3 Å². The van der Waals surface area contributed by atoms with E-state index in [1.165, 1.54) is 238 Å². The van der Waals surface area contributed by atoms with E-state index < -0.39 is 6.10 Å². The van der Waals surface area contributed by atoms with E-state index in [1.807, 2.05) is 0 Å². The molecule has 1 atom stereocenters. The molecule has 0 N–H and O–H groups in total. The smallest absolute Gasteiger partial charge is 0.306 e. The maximum absolute atomic E-state index is 12.9. The lowest BCUT2D eigenvalue weighted by Gasteiger charge is -2.18. The summed E-state index contributed by atoms with van der Waals surface area (Å²) in [6.07, 6.45) is 59.6. The highest BCUT2D eigenvalue weighted by Gasteiger charge is 2.19. The van der Waals surface area contributed by atoms with Crippen molar-refractivity contribution in [1.29, 1.82) is 0 Å². The highest BCUT2D eigenvalue weighted by molar-refractivity contribution is 5.71. The summed E-state index contributed by atoms with van der Waals surface area (Å²) in [4.78, 5) is 38.1. The molecule has 0 spiro atoms. The molecule has 6 heteroatoms. The minimum atomic E-state index is -0.761. The number of carbonyl (C=O) groups excluding carboxylic acids is 3. The Bertz CT molecular complexity index is 996. The van der Waals surface area contributed by atoms with Gasteiger partial charge in [0.1, 0.15) is 13.2 Å². The summed E-state index contributed by atoms with van der Waals surface area (Å²) in [5.41, 5.74) is 0. The molecular weight excluding hydrogens is 817 g/mol. The van der Waals surface area contributed by atoms with Crippen LogP contribution in [-0.4, -0.2) is 37.2 Å². The molecule has 0 amide bonds. The zero-order valence-corrected chi connectivity index (χ0v) is 45.2. The first-order valence-corrected chi connectivity index (χ1v) is 29.9. The van der Waals surface area contributed by atoms with Gasteiger partial charge in [-0.3, -0.25) is 14.4 Å². The van der Waals surface area contributed by atoms with E-state index in [1.54, 1.807) is 0 Å². The summed E-state index contributed by atoms with van der Waals surface area (Å²) in [6.45, 7) is 9.07. The summed E-state index contributed by atoms with van der Waals surface area (Å²) in [6, 6.07) is 0. The molecule has 0 aromatic rings. The van der Waals surface area contributed by atoms with Crippen molar-refractivity contribution in [2.75, 3.05) is 13.2 Å². The van der Waals surface area contributed by atoms with Crippen molar-refractivity contribution < 1.29 is 28.6 Å². The lowest BCUT2D eigenvalue weighted by molar-refractivity contribution is -0.167. The number of carbonyl (C=O) groups is 3. The molecule has 0 aliphatic rings.